The Morgan fingerprint density at radius 3 is 2.62 bits per heavy atom. The number of nitrogens with one attached hydrogen (secondary N) is 1. The first-order chi connectivity index (χ1) is 12.5. The van der Waals surface area contributed by atoms with E-state index in [2.05, 4.69) is 4.98 Å². The average molecular weight is 366 g/mol. The van der Waals surface area contributed by atoms with Crippen molar-refractivity contribution in [3.05, 3.63) is 86.3 Å². The maximum absolute atomic E-state index is 12.2. The summed E-state index contributed by atoms with van der Waals surface area (Å²) in [6.07, 6.45) is 6.69. The van der Waals surface area contributed by atoms with Crippen LogP contribution in [0.4, 0.5) is 0 Å². The van der Waals surface area contributed by atoms with E-state index >= 15 is 0 Å². The highest BCUT2D eigenvalue weighted by Gasteiger charge is 2.11. The lowest BCUT2D eigenvalue weighted by Crippen LogP contribution is -2.15. The Balaban J connectivity index is 1.98. The molecule has 0 aliphatic rings. The van der Waals surface area contributed by atoms with Crippen LogP contribution >= 0.6 is 12.2 Å². The molecule has 2 heterocycles. The van der Waals surface area contributed by atoms with Gasteiger partial charge in [0.1, 0.15) is 17.1 Å². The van der Waals surface area contributed by atoms with Gasteiger partial charge in [-0.25, -0.2) is 0 Å². The summed E-state index contributed by atoms with van der Waals surface area (Å²) < 4.78 is 7.00. The molecule has 5 nitrogen and oxygen atoms in total. The second-order valence-corrected chi connectivity index (χ2v) is 6.22. The van der Waals surface area contributed by atoms with Crippen molar-refractivity contribution in [1.29, 1.82) is 0 Å². The van der Waals surface area contributed by atoms with E-state index in [-0.39, 0.29) is 16.2 Å². The third kappa shape index (κ3) is 3.75. The summed E-state index contributed by atoms with van der Waals surface area (Å²) in [5.41, 5.74) is 1.37. The summed E-state index contributed by atoms with van der Waals surface area (Å²) in [7, 11) is 0. The van der Waals surface area contributed by atoms with Crippen molar-refractivity contribution in [2.45, 2.75) is 13.8 Å². The molecule has 0 unspecified atom stereocenters. The van der Waals surface area contributed by atoms with E-state index in [1.807, 2.05) is 50.2 Å². The maximum Gasteiger partial charge on any atom is 0.262 e. The minimum Gasteiger partial charge on any atom is -0.494 e. The zero-order valence-corrected chi connectivity index (χ0v) is 15.2. The number of furan rings is 1. The molecule has 0 fully saturated rings. The number of H-pyrrole nitrogens is 1. The number of hydrogen-bond donors (Lipinski definition) is 2. The fourth-order valence-electron chi connectivity index (χ4n) is 2.54. The number of nitrogens with zero attached hydrogens (tertiary/aromatic N) is 1. The van der Waals surface area contributed by atoms with Crippen molar-refractivity contribution in [2.75, 3.05) is 0 Å². The number of allylic oxidation sites excluding steroid dienone is 2. The number of rotatable bonds is 4. The van der Waals surface area contributed by atoms with Crippen LogP contribution in [-0.2, 0) is 0 Å². The van der Waals surface area contributed by atoms with Crippen molar-refractivity contribution in [3.8, 4) is 11.6 Å². The molecule has 0 amide bonds. The van der Waals surface area contributed by atoms with E-state index < -0.39 is 5.56 Å². The first kappa shape index (κ1) is 17.7. The standard InChI is InChI=1S/C20H18N2O3S/c1-13-6-5-7-15(12-13)22-19(24)17(18(23)21-20(22)26)9-4-3-8-16-11-10-14(2)25-16/h3-12,24H,1-2H3,(H,21,23,26). The van der Waals surface area contributed by atoms with Crippen LogP contribution in [0.1, 0.15) is 22.6 Å². The number of benzene rings is 1. The second kappa shape index (κ2) is 7.41. The quantitative estimate of drug-likeness (QED) is 0.525. The number of aryl methyl sites for hydroxylation is 2. The van der Waals surface area contributed by atoms with Gasteiger partial charge in [0.15, 0.2) is 4.77 Å². The van der Waals surface area contributed by atoms with Gasteiger partial charge in [-0.2, -0.15) is 0 Å². The molecule has 0 atom stereocenters. The van der Waals surface area contributed by atoms with Gasteiger partial charge in [0.2, 0.25) is 5.88 Å². The molecular weight excluding hydrogens is 348 g/mol. The van der Waals surface area contributed by atoms with Crippen molar-refractivity contribution >= 4 is 24.4 Å². The summed E-state index contributed by atoms with van der Waals surface area (Å²) in [6.45, 7) is 3.81. The molecule has 0 aliphatic heterocycles. The number of aromatic nitrogens is 2. The molecule has 0 bridgehead atoms. The molecule has 0 saturated carbocycles. The van der Waals surface area contributed by atoms with Crippen molar-refractivity contribution < 1.29 is 9.52 Å². The minimum atomic E-state index is -0.449. The van der Waals surface area contributed by atoms with Crippen LogP contribution in [-0.4, -0.2) is 14.7 Å². The number of hydrogen-bond acceptors (Lipinski definition) is 4. The Morgan fingerprint density at radius 2 is 1.92 bits per heavy atom. The van der Waals surface area contributed by atoms with E-state index in [0.717, 1.165) is 11.3 Å². The highest BCUT2D eigenvalue weighted by Crippen LogP contribution is 2.21. The van der Waals surface area contributed by atoms with E-state index in [4.69, 9.17) is 16.6 Å². The monoisotopic (exact) mass is 366 g/mol. The topological polar surface area (TPSA) is 71.2 Å². The molecule has 132 valence electrons. The van der Waals surface area contributed by atoms with Crippen LogP contribution in [0.15, 0.2) is 57.8 Å². The van der Waals surface area contributed by atoms with Gasteiger partial charge in [-0.15, -0.1) is 0 Å². The summed E-state index contributed by atoms with van der Waals surface area (Å²) in [5.74, 6) is 1.33. The Morgan fingerprint density at radius 1 is 1.15 bits per heavy atom. The lowest BCUT2D eigenvalue weighted by Gasteiger charge is -2.11. The molecule has 1 aromatic carbocycles. The molecule has 3 aromatic rings. The van der Waals surface area contributed by atoms with Crippen LogP contribution in [0, 0.1) is 18.6 Å². The maximum atomic E-state index is 12.2. The first-order valence-corrected chi connectivity index (χ1v) is 8.43. The van der Waals surface area contributed by atoms with E-state index in [1.165, 1.54) is 10.6 Å². The van der Waals surface area contributed by atoms with Gasteiger partial charge in [-0.05, 0) is 68.0 Å². The molecule has 26 heavy (non-hydrogen) atoms. The van der Waals surface area contributed by atoms with E-state index in [1.54, 1.807) is 18.2 Å². The second-order valence-electron chi connectivity index (χ2n) is 5.84. The summed E-state index contributed by atoms with van der Waals surface area (Å²) in [5, 5.41) is 10.6. The molecule has 3 rings (SSSR count). The molecule has 0 radical (unpaired) electrons. The zero-order valence-electron chi connectivity index (χ0n) is 14.4. The molecule has 0 spiro atoms. The summed E-state index contributed by atoms with van der Waals surface area (Å²) in [4.78, 5) is 14.8. The van der Waals surface area contributed by atoms with Crippen LogP contribution in [0.2, 0.25) is 0 Å². The molecule has 6 heteroatoms. The van der Waals surface area contributed by atoms with Crippen LogP contribution in [0.25, 0.3) is 17.8 Å². The Labute approximate surface area is 155 Å². The number of aromatic hydroxyl groups is 1. The van der Waals surface area contributed by atoms with Crippen LogP contribution in [0.3, 0.4) is 0 Å². The van der Waals surface area contributed by atoms with Gasteiger partial charge in [0.05, 0.1) is 5.69 Å². The molecular formula is C20H18N2O3S. The summed E-state index contributed by atoms with van der Waals surface area (Å²) >= 11 is 5.21. The third-order valence-corrected chi connectivity index (χ3v) is 4.06. The summed E-state index contributed by atoms with van der Waals surface area (Å²) in [6, 6.07) is 11.2. The molecule has 0 saturated heterocycles. The predicted molar refractivity (Wildman–Crippen MR) is 105 cm³/mol. The fourth-order valence-corrected chi connectivity index (χ4v) is 2.83. The van der Waals surface area contributed by atoms with E-state index in [9.17, 15) is 9.90 Å². The SMILES string of the molecule is Cc1cccc(-n2c(O)c(C=CC=Cc3ccc(C)o3)c(=O)[nH]c2=S)c1. The Bertz CT molecular complexity index is 1120. The number of aromatic amines is 1. The first-order valence-electron chi connectivity index (χ1n) is 8.02. The van der Waals surface area contributed by atoms with Gasteiger partial charge < -0.3 is 9.52 Å². The largest absolute Gasteiger partial charge is 0.494 e. The van der Waals surface area contributed by atoms with Gasteiger partial charge in [0.25, 0.3) is 5.56 Å². The molecule has 2 N–H and O–H groups in total. The zero-order chi connectivity index (χ0) is 18.7. The van der Waals surface area contributed by atoms with Crippen molar-refractivity contribution in [3.63, 3.8) is 0 Å². The molecule has 0 aliphatic carbocycles. The third-order valence-electron chi connectivity index (χ3n) is 3.78. The Hall–Kier alpha value is -3.12. The van der Waals surface area contributed by atoms with Crippen LogP contribution in [0.5, 0.6) is 5.88 Å². The van der Waals surface area contributed by atoms with Crippen molar-refractivity contribution in [2.24, 2.45) is 0 Å². The predicted octanol–water partition coefficient (Wildman–Crippen LogP) is 4.54. The highest BCUT2D eigenvalue weighted by atomic mass is 32.1. The van der Waals surface area contributed by atoms with Gasteiger partial charge >= 0.3 is 0 Å². The van der Waals surface area contributed by atoms with Crippen LogP contribution < -0.4 is 5.56 Å². The Kier molecular flexibility index (Phi) is 5.04. The highest BCUT2D eigenvalue weighted by molar-refractivity contribution is 7.71. The van der Waals surface area contributed by atoms with Crippen molar-refractivity contribution in [1.82, 2.24) is 9.55 Å². The fraction of sp³-hybridized carbons (Fsp3) is 0.100. The van der Waals surface area contributed by atoms with Gasteiger partial charge in [0, 0.05) is 0 Å². The van der Waals surface area contributed by atoms with E-state index in [0.29, 0.717) is 11.4 Å². The van der Waals surface area contributed by atoms with Gasteiger partial charge in [-0.3, -0.25) is 14.3 Å². The molecule has 2 aromatic heterocycles. The van der Waals surface area contributed by atoms with Gasteiger partial charge in [-0.1, -0.05) is 24.3 Å². The lowest BCUT2D eigenvalue weighted by atomic mass is 10.2. The average Bonchev–Trinajstić information content (AvgIpc) is 2.99. The normalized spacial score (nSPS) is 11.6. The lowest BCUT2D eigenvalue weighted by molar-refractivity contribution is 0.432. The minimum absolute atomic E-state index is 0.125. The smallest absolute Gasteiger partial charge is 0.262 e.